The molecule has 2 aromatic rings. The monoisotopic (exact) mass is 437 g/mol. The number of nitrogens with zero attached hydrogens (tertiary/aromatic N) is 1. The van der Waals surface area contributed by atoms with Crippen LogP contribution in [0.2, 0.25) is 5.02 Å². The van der Waals surface area contributed by atoms with Gasteiger partial charge in [0.05, 0.1) is 0 Å². The van der Waals surface area contributed by atoms with Crippen LogP contribution in [-0.2, 0) is 17.8 Å². The van der Waals surface area contributed by atoms with E-state index in [2.05, 4.69) is 15.9 Å². The van der Waals surface area contributed by atoms with Gasteiger partial charge in [-0.3, -0.25) is 4.79 Å². The van der Waals surface area contributed by atoms with E-state index in [0.29, 0.717) is 4.47 Å². The number of aryl methyl sites for hydroxylation is 1. The molecule has 0 radical (unpaired) electrons. The molecule has 0 aliphatic carbocycles. The van der Waals surface area contributed by atoms with E-state index in [1.807, 2.05) is 0 Å². The molecule has 1 heterocycles. The van der Waals surface area contributed by atoms with Crippen molar-refractivity contribution in [2.45, 2.75) is 38.1 Å². The van der Waals surface area contributed by atoms with E-state index in [1.54, 1.807) is 6.92 Å². The Hall–Kier alpha value is -1.31. The largest absolute Gasteiger partial charge is 0.381 e. The Kier molecular flexibility index (Phi) is 5.71. The Morgan fingerprint density at radius 3 is 2.48 bits per heavy atom. The van der Waals surface area contributed by atoms with Crippen LogP contribution >= 0.6 is 27.5 Å². The van der Waals surface area contributed by atoms with Crippen molar-refractivity contribution < 1.29 is 18.3 Å². The molecule has 0 bridgehead atoms. The molecule has 0 saturated carbocycles. The third kappa shape index (κ3) is 3.37. The van der Waals surface area contributed by atoms with Crippen molar-refractivity contribution in [3.63, 3.8) is 0 Å². The molecule has 0 spiro atoms. The van der Waals surface area contributed by atoms with Crippen LogP contribution in [-0.4, -0.2) is 16.1 Å². The zero-order chi connectivity index (χ0) is 19.0. The summed E-state index contributed by atoms with van der Waals surface area (Å²) in [6.07, 6.45) is -2.39. The molecular weight excluding hydrogens is 423 g/mol. The second-order valence-electron chi connectivity index (χ2n) is 5.75. The highest BCUT2D eigenvalue weighted by Gasteiger charge is 2.58. The van der Waals surface area contributed by atoms with Crippen LogP contribution < -0.4 is 5.56 Å². The van der Waals surface area contributed by atoms with Gasteiger partial charge in [0, 0.05) is 39.4 Å². The molecule has 1 N–H and O–H groups in total. The number of rotatable bonds is 5. The topological polar surface area (TPSA) is 42.2 Å². The Morgan fingerprint density at radius 2 is 1.96 bits per heavy atom. The lowest BCUT2D eigenvalue weighted by Crippen LogP contribution is -2.49. The summed E-state index contributed by atoms with van der Waals surface area (Å²) in [7, 11) is 0. The fourth-order valence-electron chi connectivity index (χ4n) is 2.65. The zero-order valence-corrected chi connectivity index (χ0v) is 15.8. The summed E-state index contributed by atoms with van der Waals surface area (Å²) in [6.45, 7) is 2.86. The molecule has 1 aromatic carbocycles. The second kappa shape index (κ2) is 7.13. The molecule has 3 nitrogen and oxygen atoms in total. The number of hydrogen-bond donors (Lipinski definition) is 1. The minimum Gasteiger partial charge on any atom is -0.381 e. The highest BCUT2D eigenvalue weighted by molar-refractivity contribution is 9.10. The van der Waals surface area contributed by atoms with E-state index in [4.69, 9.17) is 11.6 Å². The van der Waals surface area contributed by atoms with Crippen molar-refractivity contribution in [1.29, 1.82) is 0 Å². The molecular formula is C17H16BrClF3NO2. The average Bonchev–Trinajstić information content (AvgIpc) is 2.54. The Bertz CT molecular complexity index is 841. The van der Waals surface area contributed by atoms with Gasteiger partial charge >= 0.3 is 0 Å². The first kappa shape index (κ1) is 20.0. The van der Waals surface area contributed by atoms with Gasteiger partial charge in [0.1, 0.15) is 5.60 Å². The third-order valence-electron chi connectivity index (χ3n) is 4.22. The van der Waals surface area contributed by atoms with Gasteiger partial charge in [-0.05, 0) is 32.0 Å². The normalized spacial score (nSPS) is 16.5. The minimum atomic E-state index is -3.57. The number of halogens is 5. The van der Waals surface area contributed by atoms with Crippen molar-refractivity contribution in [1.82, 2.24) is 4.57 Å². The summed E-state index contributed by atoms with van der Waals surface area (Å²) in [4.78, 5) is 11.7. The van der Waals surface area contributed by atoms with Gasteiger partial charge < -0.3 is 9.67 Å². The zero-order valence-electron chi connectivity index (χ0n) is 13.4. The fraction of sp³-hybridized carbons (Fsp3) is 0.353. The van der Waals surface area contributed by atoms with Crippen molar-refractivity contribution in [3.05, 3.63) is 67.5 Å². The van der Waals surface area contributed by atoms with Gasteiger partial charge in [-0.25, -0.2) is 13.2 Å². The third-order valence-corrected chi connectivity index (χ3v) is 5.02. The lowest BCUT2D eigenvalue weighted by atomic mass is 9.76. The number of benzene rings is 1. The summed E-state index contributed by atoms with van der Waals surface area (Å²) in [5.41, 5.74) is -7.20. The van der Waals surface area contributed by atoms with Crippen LogP contribution in [0.15, 0.2) is 45.8 Å². The predicted octanol–water partition coefficient (Wildman–Crippen LogP) is 4.62. The summed E-state index contributed by atoms with van der Waals surface area (Å²) in [6, 6.07) is 5.97. The molecule has 2 atom stereocenters. The van der Waals surface area contributed by atoms with Gasteiger partial charge in [-0.1, -0.05) is 33.6 Å². The first-order valence-corrected chi connectivity index (χ1v) is 8.58. The summed E-state index contributed by atoms with van der Waals surface area (Å²) >= 11 is 9.09. The van der Waals surface area contributed by atoms with E-state index in [9.17, 15) is 18.7 Å². The van der Waals surface area contributed by atoms with Crippen molar-refractivity contribution in [2.24, 2.45) is 0 Å². The van der Waals surface area contributed by atoms with E-state index in [-0.39, 0.29) is 22.7 Å². The maximum atomic E-state index is 15.7. The molecule has 1 aromatic heterocycles. The lowest BCUT2D eigenvalue weighted by Gasteiger charge is -2.39. The van der Waals surface area contributed by atoms with Crippen LogP contribution in [0, 0.1) is 0 Å². The number of aromatic nitrogens is 1. The first-order chi connectivity index (χ1) is 11.6. The number of pyridine rings is 1. The molecule has 0 aliphatic heterocycles. The number of alkyl halides is 3. The number of hydrogen-bond acceptors (Lipinski definition) is 2. The molecule has 0 fully saturated rings. The SMILES string of the molecule is CCn1cc(C(C)(O)C(F)(c2ccc(Br)cc2Cl)C(F)F)ccc1=O. The first-order valence-electron chi connectivity index (χ1n) is 7.41. The highest BCUT2D eigenvalue weighted by atomic mass is 79.9. The van der Waals surface area contributed by atoms with Gasteiger partial charge in [-0.2, -0.15) is 0 Å². The highest BCUT2D eigenvalue weighted by Crippen LogP contribution is 2.50. The van der Waals surface area contributed by atoms with E-state index >= 15 is 4.39 Å². The van der Waals surface area contributed by atoms with Crippen LogP contribution in [0.25, 0.3) is 0 Å². The van der Waals surface area contributed by atoms with Gasteiger partial charge in [-0.15, -0.1) is 0 Å². The molecule has 25 heavy (non-hydrogen) atoms. The summed E-state index contributed by atoms with van der Waals surface area (Å²) < 4.78 is 45.0. The smallest absolute Gasteiger partial charge is 0.279 e. The van der Waals surface area contributed by atoms with Crippen molar-refractivity contribution in [2.75, 3.05) is 0 Å². The maximum Gasteiger partial charge on any atom is 0.279 e. The second-order valence-corrected chi connectivity index (χ2v) is 7.07. The molecule has 8 heteroatoms. The Balaban J connectivity index is 2.71. The van der Waals surface area contributed by atoms with Crippen LogP contribution in [0.5, 0.6) is 0 Å². The Morgan fingerprint density at radius 1 is 1.32 bits per heavy atom. The van der Waals surface area contributed by atoms with Gasteiger partial charge in [0.2, 0.25) is 5.67 Å². The standard InChI is InChI=1S/C17H16BrClF3NO2/c1-3-23-9-10(4-7-14(23)24)16(2,25)17(22,15(20)21)12-6-5-11(18)8-13(12)19/h4-9,15,25H,3H2,1-2H3. The maximum absolute atomic E-state index is 15.7. The lowest BCUT2D eigenvalue weighted by molar-refractivity contribution is -0.176. The summed E-state index contributed by atoms with van der Waals surface area (Å²) in [5, 5.41) is 10.5. The van der Waals surface area contributed by atoms with Crippen LogP contribution in [0.3, 0.4) is 0 Å². The fourth-order valence-corrected chi connectivity index (χ4v) is 3.46. The van der Waals surface area contributed by atoms with E-state index in [0.717, 1.165) is 25.1 Å². The van der Waals surface area contributed by atoms with E-state index in [1.165, 1.54) is 22.9 Å². The molecule has 2 unspecified atom stereocenters. The molecule has 136 valence electrons. The van der Waals surface area contributed by atoms with Crippen LogP contribution in [0.4, 0.5) is 13.2 Å². The van der Waals surface area contributed by atoms with E-state index < -0.39 is 23.3 Å². The molecule has 0 aliphatic rings. The molecule has 0 saturated heterocycles. The molecule has 2 rings (SSSR count). The van der Waals surface area contributed by atoms with Gasteiger partial charge in [0.15, 0.2) is 0 Å². The predicted molar refractivity (Wildman–Crippen MR) is 93.9 cm³/mol. The molecule has 0 amide bonds. The quantitative estimate of drug-likeness (QED) is 0.740. The van der Waals surface area contributed by atoms with Gasteiger partial charge in [0.25, 0.3) is 12.0 Å². The Labute approximate surface area is 156 Å². The minimum absolute atomic E-state index is 0.157. The number of aliphatic hydroxyl groups is 1. The van der Waals surface area contributed by atoms with Crippen molar-refractivity contribution in [3.8, 4) is 0 Å². The average molecular weight is 439 g/mol. The van der Waals surface area contributed by atoms with Crippen molar-refractivity contribution >= 4 is 27.5 Å². The summed E-state index contributed by atoms with van der Waals surface area (Å²) in [5.74, 6) is 0. The van der Waals surface area contributed by atoms with Crippen LogP contribution in [0.1, 0.15) is 25.0 Å².